The molecule has 0 saturated carbocycles. The van der Waals surface area contributed by atoms with Crippen LogP contribution in [-0.2, 0) is 10.0 Å². The average molecular weight is 367 g/mol. The van der Waals surface area contributed by atoms with E-state index >= 15 is 0 Å². The van der Waals surface area contributed by atoms with Crippen molar-refractivity contribution in [1.29, 1.82) is 0 Å². The van der Waals surface area contributed by atoms with Crippen molar-refractivity contribution in [3.05, 3.63) is 34.4 Å². The predicted molar refractivity (Wildman–Crippen MR) is 78.9 cm³/mol. The van der Waals surface area contributed by atoms with E-state index in [1.165, 1.54) is 4.90 Å². The molecule has 0 amide bonds. The number of benzene rings is 1. The Morgan fingerprint density at radius 2 is 1.92 bits per heavy atom. The van der Waals surface area contributed by atoms with Gasteiger partial charge in [-0.3, -0.25) is 15.0 Å². The molecule has 134 valence electrons. The van der Waals surface area contributed by atoms with Gasteiger partial charge >= 0.3 is 6.18 Å². The number of non-ortho nitro benzene ring substituents is 1. The molecule has 0 bridgehead atoms. The summed E-state index contributed by atoms with van der Waals surface area (Å²) < 4.78 is 63.5. The van der Waals surface area contributed by atoms with Crippen molar-refractivity contribution in [2.75, 3.05) is 26.2 Å². The molecule has 0 aromatic heterocycles. The molecule has 2 rings (SSSR count). The lowest BCUT2D eigenvalue weighted by Crippen LogP contribution is -2.34. The molecule has 0 radical (unpaired) electrons. The second-order valence-electron chi connectivity index (χ2n) is 5.61. The van der Waals surface area contributed by atoms with Gasteiger partial charge in [0, 0.05) is 25.2 Å². The number of likely N-dealkylation sites (tertiary alicyclic amines) is 1. The molecule has 1 aromatic carbocycles. The SMILES string of the molecule is O=[N+]([O-])c1ccc(S(=O)(=O)NC[C@@H]2CCN(CC(F)(F)F)C2)cc1. The highest BCUT2D eigenvalue weighted by Gasteiger charge is 2.34. The van der Waals surface area contributed by atoms with Gasteiger partial charge in [-0.1, -0.05) is 0 Å². The maximum absolute atomic E-state index is 12.3. The number of nitrogens with zero attached hydrogens (tertiary/aromatic N) is 2. The van der Waals surface area contributed by atoms with Crippen LogP contribution in [0.15, 0.2) is 29.2 Å². The van der Waals surface area contributed by atoms with Gasteiger partial charge in [-0.05, 0) is 31.0 Å². The quantitative estimate of drug-likeness (QED) is 0.611. The van der Waals surface area contributed by atoms with E-state index in [2.05, 4.69) is 4.72 Å². The first-order chi connectivity index (χ1) is 11.1. The smallest absolute Gasteiger partial charge is 0.295 e. The van der Waals surface area contributed by atoms with Gasteiger partial charge in [0.1, 0.15) is 0 Å². The molecule has 0 unspecified atom stereocenters. The van der Waals surface area contributed by atoms with Crippen LogP contribution in [0.4, 0.5) is 18.9 Å². The molecule has 1 aliphatic heterocycles. The summed E-state index contributed by atoms with van der Waals surface area (Å²) in [6, 6.07) is 4.39. The molecule has 1 aliphatic rings. The van der Waals surface area contributed by atoms with Crippen LogP contribution < -0.4 is 4.72 Å². The van der Waals surface area contributed by atoms with Crippen molar-refractivity contribution >= 4 is 15.7 Å². The Morgan fingerprint density at radius 1 is 1.29 bits per heavy atom. The normalized spacial score (nSPS) is 19.5. The molecule has 1 saturated heterocycles. The lowest BCUT2D eigenvalue weighted by Gasteiger charge is -2.18. The molecule has 1 fully saturated rings. The Kier molecular flexibility index (Phi) is 5.45. The van der Waals surface area contributed by atoms with E-state index in [-0.39, 0.29) is 36.1 Å². The minimum absolute atomic E-state index is 0.0215. The lowest BCUT2D eigenvalue weighted by atomic mass is 10.1. The standard InChI is InChI=1S/C13H16F3N3O4S/c14-13(15,16)9-18-6-5-10(8-18)7-17-24(22,23)12-3-1-11(2-4-12)19(20)21/h1-4,10,17H,5-9H2/t10-/m0/s1. The van der Waals surface area contributed by atoms with Crippen LogP contribution >= 0.6 is 0 Å². The zero-order valence-corrected chi connectivity index (χ0v) is 13.3. The second-order valence-corrected chi connectivity index (χ2v) is 7.37. The van der Waals surface area contributed by atoms with Gasteiger partial charge in [0.2, 0.25) is 10.0 Å². The Hall–Kier alpha value is -1.72. The molecule has 1 atom stereocenters. The molecule has 0 spiro atoms. The average Bonchev–Trinajstić information content (AvgIpc) is 2.91. The van der Waals surface area contributed by atoms with Gasteiger partial charge in [-0.15, -0.1) is 0 Å². The Morgan fingerprint density at radius 3 is 2.46 bits per heavy atom. The monoisotopic (exact) mass is 367 g/mol. The van der Waals surface area contributed by atoms with Gasteiger partial charge in [0.25, 0.3) is 5.69 Å². The highest BCUT2D eigenvalue weighted by molar-refractivity contribution is 7.89. The molecule has 0 aliphatic carbocycles. The van der Waals surface area contributed by atoms with Gasteiger partial charge in [0.05, 0.1) is 16.4 Å². The van der Waals surface area contributed by atoms with Gasteiger partial charge in [0.15, 0.2) is 0 Å². The number of nitrogens with one attached hydrogen (secondary N) is 1. The summed E-state index contributed by atoms with van der Waals surface area (Å²) in [5, 5.41) is 10.5. The van der Waals surface area contributed by atoms with Crippen LogP contribution in [0.1, 0.15) is 6.42 Å². The lowest BCUT2D eigenvalue weighted by molar-refractivity contribution is -0.384. The third kappa shape index (κ3) is 5.14. The summed E-state index contributed by atoms with van der Waals surface area (Å²) in [6.07, 6.45) is -3.80. The minimum atomic E-state index is -4.27. The fourth-order valence-electron chi connectivity index (χ4n) is 2.53. The molecule has 1 heterocycles. The maximum atomic E-state index is 12.3. The van der Waals surface area contributed by atoms with Crippen molar-refractivity contribution in [2.24, 2.45) is 5.92 Å². The van der Waals surface area contributed by atoms with Crippen LogP contribution in [0.25, 0.3) is 0 Å². The molecule has 1 N–H and O–H groups in total. The number of nitro benzene ring substituents is 1. The Bertz CT molecular complexity index is 691. The van der Waals surface area contributed by atoms with Crippen LogP contribution in [0.2, 0.25) is 0 Å². The number of nitro groups is 1. The number of hydrogen-bond donors (Lipinski definition) is 1. The van der Waals surface area contributed by atoms with Crippen LogP contribution in [0.3, 0.4) is 0 Å². The molecule has 1 aromatic rings. The topological polar surface area (TPSA) is 92.5 Å². The highest BCUT2D eigenvalue weighted by Crippen LogP contribution is 2.23. The summed E-state index contributed by atoms with van der Waals surface area (Å²) in [4.78, 5) is 11.0. The fourth-order valence-corrected chi connectivity index (χ4v) is 3.65. The van der Waals surface area contributed by atoms with Gasteiger partial charge in [-0.2, -0.15) is 13.2 Å². The van der Waals surface area contributed by atoms with Crippen molar-refractivity contribution in [1.82, 2.24) is 9.62 Å². The first kappa shape index (κ1) is 18.6. The predicted octanol–water partition coefficient (Wildman–Crippen LogP) is 1.76. The summed E-state index contributed by atoms with van der Waals surface area (Å²) in [5.41, 5.74) is -0.229. The number of alkyl halides is 3. The number of hydrogen-bond acceptors (Lipinski definition) is 5. The first-order valence-corrected chi connectivity index (χ1v) is 8.58. The van der Waals surface area contributed by atoms with Crippen molar-refractivity contribution in [3.63, 3.8) is 0 Å². The van der Waals surface area contributed by atoms with Gasteiger partial charge < -0.3 is 0 Å². The first-order valence-electron chi connectivity index (χ1n) is 7.10. The Balaban J connectivity index is 1.90. The van der Waals surface area contributed by atoms with Crippen molar-refractivity contribution < 1.29 is 26.5 Å². The molecule has 11 heteroatoms. The molecule has 24 heavy (non-hydrogen) atoms. The van der Waals surface area contributed by atoms with Crippen molar-refractivity contribution in [3.8, 4) is 0 Å². The van der Waals surface area contributed by atoms with Crippen molar-refractivity contribution in [2.45, 2.75) is 17.5 Å². The minimum Gasteiger partial charge on any atom is -0.295 e. The zero-order chi connectivity index (χ0) is 18.0. The molecular formula is C13H16F3N3O4S. The van der Waals surface area contributed by atoms with E-state index in [0.29, 0.717) is 6.42 Å². The van der Waals surface area contributed by atoms with Crippen LogP contribution in [0.5, 0.6) is 0 Å². The van der Waals surface area contributed by atoms with Crippen LogP contribution in [-0.4, -0.2) is 50.6 Å². The van der Waals surface area contributed by atoms with E-state index in [0.717, 1.165) is 24.3 Å². The molecular weight excluding hydrogens is 351 g/mol. The maximum Gasteiger partial charge on any atom is 0.401 e. The largest absolute Gasteiger partial charge is 0.401 e. The number of rotatable bonds is 6. The Labute approximate surface area is 136 Å². The fraction of sp³-hybridized carbons (Fsp3) is 0.538. The molecule has 7 nitrogen and oxygen atoms in total. The van der Waals surface area contributed by atoms with E-state index in [1.807, 2.05) is 0 Å². The van der Waals surface area contributed by atoms with Crippen LogP contribution in [0, 0.1) is 16.0 Å². The van der Waals surface area contributed by atoms with Gasteiger partial charge in [-0.25, -0.2) is 13.1 Å². The zero-order valence-electron chi connectivity index (χ0n) is 12.5. The van der Waals surface area contributed by atoms with E-state index in [1.54, 1.807) is 0 Å². The third-order valence-corrected chi connectivity index (χ3v) is 5.13. The summed E-state index contributed by atoms with van der Waals surface area (Å²) in [6.45, 7) is -0.544. The number of halogens is 3. The van der Waals surface area contributed by atoms with E-state index in [4.69, 9.17) is 0 Å². The summed E-state index contributed by atoms with van der Waals surface area (Å²) in [7, 11) is -3.86. The summed E-state index contributed by atoms with van der Waals surface area (Å²) >= 11 is 0. The number of sulfonamides is 1. The van der Waals surface area contributed by atoms with E-state index in [9.17, 15) is 31.7 Å². The highest BCUT2D eigenvalue weighted by atomic mass is 32.2. The van der Waals surface area contributed by atoms with E-state index < -0.39 is 27.7 Å². The summed E-state index contributed by atoms with van der Waals surface area (Å²) in [5.74, 6) is -0.208. The second kappa shape index (κ2) is 7.03. The third-order valence-electron chi connectivity index (χ3n) is 3.69.